The monoisotopic (exact) mass is 349 g/mol. The normalized spacial score (nSPS) is 15.6. The molecule has 2 aromatic rings. The highest BCUT2D eigenvalue weighted by Gasteiger charge is 2.33. The van der Waals surface area contributed by atoms with Crippen LogP contribution in [0.1, 0.15) is 45.0 Å². The summed E-state index contributed by atoms with van der Waals surface area (Å²) in [6, 6.07) is 5.07. The number of ether oxygens (including phenoxy) is 1. The van der Waals surface area contributed by atoms with E-state index in [-0.39, 0.29) is 16.1 Å². The number of rotatable bonds is 3. The Morgan fingerprint density at radius 1 is 1.29 bits per heavy atom. The topological polar surface area (TPSA) is 75.6 Å². The third kappa shape index (κ3) is 3.18. The molecular formula is C17H16FNO4S. The van der Waals surface area contributed by atoms with Gasteiger partial charge in [0.15, 0.2) is 0 Å². The number of amides is 1. The van der Waals surface area contributed by atoms with Gasteiger partial charge in [0.05, 0.1) is 17.8 Å². The van der Waals surface area contributed by atoms with Crippen molar-refractivity contribution in [2.24, 2.45) is 0 Å². The second-order valence-electron chi connectivity index (χ2n) is 6.20. The van der Waals surface area contributed by atoms with Crippen molar-refractivity contribution < 1.29 is 23.8 Å². The highest BCUT2D eigenvalue weighted by molar-refractivity contribution is 7.17. The molecule has 2 heterocycles. The van der Waals surface area contributed by atoms with Crippen LogP contribution in [0, 0.1) is 5.82 Å². The molecule has 0 fully saturated rings. The predicted octanol–water partition coefficient (Wildman–Crippen LogP) is 3.69. The zero-order valence-electron chi connectivity index (χ0n) is 13.2. The summed E-state index contributed by atoms with van der Waals surface area (Å²) in [4.78, 5) is 24.8. The fourth-order valence-electron chi connectivity index (χ4n) is 2.64. The molecule has 5 nitrogen and oxygen atoms in total. The molecule has 0 saturated carbocycles. The van der Waals surface area contributed by atoms with Gasteiger partial charge in [-0.15, -0.1) is 11.3 Å². The van der Waals surface area contributed by atoms with Gasteiger partial charge in [0.25, 0.3) is 5.91 Å². The zero-order valence-corrected chi connectivity index (χ0v) is 14.0. The van der Waals surface area contributed by atoms with Crippen molar-refractivity contribution in [3.8, 4) is 0 Å². The molecule has 3 rings (SSSR count). The van der Waals surface area contributed by atoms with Crippen molar-refractivity contribution in [3.63, 3.8) is 0 Å². The van der Waals surface area contributed by atoms with Gasteiger partial charge in [0, 0.05) is 16.9 Å². The Balaban J connectivity index is 1.94. The van der Waals surface area contributed by atoms with Crippen LogP contribution in [0.3, 0.4) is 0 Å². The van der Waals surface area contributed by atoms with Gasteiger partial charge >= 0.3 is 5.97 Å². The highest BCUT2D eigenvalue weighted by atomic mass is 32.1. The first-order valence-electron chi connectivity index (χ1n) is 7.35. The fraction of sp³-hybridized carbons (Fsp3) is 0.294. The number of thiophene rings is 1. The van der Waals surface area contributed by atoms with Crippen molar-refractivity contribution in [1.82, 2.24) is 0 Å². The maximum absolute atomic E-state index is 13.0. The van der Waals surface area contributed by atoms with Crippen molar-refractivity contribution in [3.05, 3.63) is 51.7 Å². The summed E-state index contributed by atoms with van der Waals surface area (Å²) in [6.45, 7) is 4.12. The van der Waals surface area contributed by atoms with Gasteiger partial charge in [-0.05, 0) is 43.7 Å². The number of carbonyl (C=O) groups excluding carboxylic acids is 1. The minimum absolute atomic E-state index is 0.113. The standard InChI is InChI=1S/C17H16FNO4S/c1-17(2)7-11-12(8-23-17)24-15(13(11)16(21)22)19-14(20)9-3-5-10(18)6-4-9/h3-6H,7-8H2,1-2H3,(H,19,20)(H,21,22). The predicted molar refractivity (Wildman–Crippen MR) is 88.2 cm³/mol. The van der Waals surface area contributed by atoms with Crippen LogP contribution in [0.5, 0.6) is 0 Å². The quantitative estimate of drug-likeness (QED) is 0.886. The number of fused-ring (bicyclic) bond motifs is 1. The van der Waals surface area contributed by atoms with E-state index in [4.69, 9.17) is 4.74 Å². The molecule has 126 valence electrons. The summed E-state index contributed by atoms with van der Waals surface area (Å²) >= 11 is 1.21. The van der Waals surface area contributed by atoms with E-state index >= 15 is 0 Å². The lowest BCUT2D eigenvalue weighted by atomic mass is 9.93. The molecule has 0 bridgehead atoms. The zero-order chi connectivity index (χ0) is 17.5. The molecule has 1 aromatic carbocycles. The molecule has 1 aliphatic heterocycles. The Morgan fingerprint density at radius 3 is 2.58 bits per heavy atom. The summed E-state index contributed by atoms with van der Waals surface area (Å²) < 4.78 is 18.7. The summed E-state index contributed by atoms with van der Waals surface area (Å²) in [6.07, 6.45) is 0.465. The molecule has 1 aliphatic rings. The van der Waals surface area contributed by atoms with Crippen molar-refractivity contribution in [2.45, 2.75) is 32.5 Å². The van der Waals surface area contributed by atoms with E-state index in [1.807, 2.05) is 13.8 Å². The molecule has 0 aliphatic carbocycles. The second-order valence-corrected chi connectivity index (χ2v) is 7.30. The van der Waals surface area contributed by atoms with Crippen LogP contribution < -0.4 is 5.32 Å². The number of anilines is 1. The number of nitrogens with one attached hydrogen (secondary N) is 1. The van der Waals surface area contributed by atoms with E-state index < -0.39 is 23.3 Å². The summed E-state index contributed by atoms with van der Waals surface area (Å²) in [5, 5.41) is 12.5. The fourth-order valence-corrected chi connectivity index (χ4v) is 3.76. The molecule has 0 atom stereocenters. The molecule has 1 aromatic heterocycles. The highest BCUT2D eigenvalue weighted by Crippen LogP contribution is 2.40. The average molecular weight is 349 g/mol. The van der Waals surface area contributed by atoms with Gasteiger partial charge < -0.3 is 15.2 Å². The van der Waals surface area contributed by atoms with E-state index in [1.165, 1.54) is 35.6 Å². The van der Waals surface area contributed by atoms with Crippen molar-refractivity contribution in [1.29, 1.82) is 0 Å². The number of halogens is 1. The molecule has 0 spiro atoms. The molecule has 1 amide bonds. The maximum atomic E-state index is 13.0. The molecule has 0 saturated heterocycles. The van der Waals surface area contributed by atoms with Crippen LogP contribution in [0.2, 0.25) is 0 Å². The molecule has 7 heteroatoms. The maximum Gasteiger partial charge on any atom is 0.339 e. The SMILES string of the molecule is CC1(C)Cc2c(sc(NC(=O)c3ccc(F)cc3)c2C(=O)O)CO1. The first-order chi connectivity index (χ1) is 11.3. The van der Waals surface area contributed by atoms with Crippen LogP contribution >= 0.6 is 11.3 Å². The Bertz CT molecular complexity index is 811. The summed E-state index contributed by atoms with van der Waals surface area (Å²) in [5.74, 6) is -2.00. The lowest BCUT2D eigenvalue weighted by Gasteiger charge is -2.30. The number of carbonyl (C=O) groups is 2. The number of hydrogen-bond acceptors (Lipinski definition) is 4. The van der Waals surface area contributed by atoms with Crippen molar-refractivity contribution >= 4 is 28.2 Å². The van der Waals surface area contributed by atoms with Crippen LogP contribution in [-0.4, -0.2) is 22.6 Å². The van der Waals surface area contributed by atoms with Gasteiger partial charge in [-0.25, -0.2) is 9.18 Å². The molecule has 24 heavy (non-hydrogen) atoms. The lowest BCUT2D eigenvalue weighted by Crippen LogP contribution is -2.31. The van der Waals surface area contributed by atoms with Gasteiger partial charge in [-0.1, -0.05) is 0 Å². The average Bonchev–Trinajstić information content (AvgIpc) is 2.83. The third-order valence-electron chi connectivity index (χ3n) is 3.83. The second kappa shape index (κ2) is 5.99. The first-order valence-corrected chi connectivity index (χ1v) is 8.17. The smallest absolute Gasteiger partial charge is 0.339 e. The number of carboxylic acid groups (broad SMARTS) is 1. The minimum atomic E-state index is -1.08. The van der Waals surface area contributed by atoms with Crippen LogP contribution in [0.4, 0.5) is 9.39 Å². The van der Waals surface area contributed by atoms with E-state index in [2.05, 4.69) is 5.32 Å². The number of carboxylic acids is 1. The third-order valence-corrected chi connectivity index (χ3v) is 4.96. The number of hydrogen-bond donors (Lipinski definition) is 2. The summed E-state index contributed by atoms with van der Waals surface area (Å²) in [5.41, 5.74) is 0.631. The Kier molecular flexibility index (Phi) is 4.15. The lowest BCUT2D eigenvalue weighted by molar-refractivity contribution is -0.0384. The van der Waals surface area contributed by atoms with E-state index in [0.717, 1.165) is 4.88 Å². The van der Waals surface area contributed by atoms with E-state index in [1.54, 1.807) is 0 Å². The Morgan fingerprint density at radius 2 is 1.96 bits per heavy atom. The minimum Gasteiger partial charge on any atom is -0.478 e. The van der Waals surface area contributed by atoms with E-state index in [0.29, 0.717) is 18.6 Å². The first kappa shape index (κ1) is 16.6. The number of aromatic carboxylic acids is 1. The molecule has 2 N–H and O–H groups in total. The van der Waals surface area contributed by atoms with Crippen LogP contribution in [0.15, 0.2) is 24.3 Å². The Hall–Kier alpha value is -2.25. The van der Waals surface area contributed by atoms with Gasteiger partial charge in [-0.2, -0.15) is 0 Å². The molecule has 0 unspecified atom stereocenters. The van der Waals surface area contributed by atoms with Crippen LogP contribution in [-0.2, 0) is 17.8 Å². The molecule has 0 radical (unpaired) electrons. The Labute approximate surface area is 142 Å². The largest absolute Gasteiger partial charge is 0.478 e. The van der Waals surface area contributed by atoms with E-state index in [9.17, 15) is 19.1 Å². The van der Waals surface area contributed by atoms with Gasteiger partial charge in [0.1, 0.15) is 10.8 Å². The van der Waals surface area contributed by atoms with Crippen molar-refractivity contribution in [2.75, 3.05) is 5.32 Å². The van der Waals surface area contributed by atoms with Crippen LogP contribution in [0.25, 0.3) is 0 Å². The van der Waals surface area contributed by atoms with Gasteiger partial charge in [0.2, 0.25) is 0 Å². The molecular weight excluding hydrogens is 333 g/mol. The van der Waals surface area contributed by atoms with Gasteiger partial charge in [-0.3, -0.25) is 4.79 Å². The summed E-state index contributed by atoms with van der Waals surface area (Å²) in [7, 11) is 0. The number of benzene rings is 1.